The van der Waals surface area contributed by atoms with E-state index in [9.17, 15) is 13.2 Å². The van der Waals surface area contributed by atoms with Crippen LogP contribution in [0, 0.1) is 0 Å². The van der Waals surface area contributed by atoms with Crippen molar-refractivity contribution in [3.8, 4) is 0 Å². The Balaban J connectivity index is 2.18. The molecule has 1 amide bonds. The van der Waals surface area contributed by atoms with Gasteiger partial charge in [-0.05, 0) is 20.3 Å². The van der Waals surface area contributed by atoms with Crippen molar-refractivity contribution in [3.05, 3.63) is 0 Å². The number of amides is 1. The number of carbonyl (C=O) groups is 1. The molecule has 0 aromatic heterocycles. The molecule has 2 heterocycles. The van der Waals surface area contributed by atoms with Gasteiger partial charge in [0.15, 0.2) is 9.84 Å². The molecule has 2 N–H and O–H groups in total. The molecule has 2 saturated heterocycles. The van der Waals surface area contributed by atoms with Crippen molar-refractivity contribution in [3.63, 3.8) is 0 Å². The Morgan fingerprint density at radius 1 is 1.50 bits per heavy atom. The van der Waals surface area contributed by atoms with E-state index in [2.05, 4.69) is 0 Å². The summed E-state index contributed by atoms with van der Waals surface area (Å²) in [4.78, 5) is 13.9. The van der Waals surface area contributed by atoms with Gasteiger partial charge >= 0.3 is 0 Å². The highest BCUT2D eigenvalue weighted by Crippen LogP contribution is 2.27. The molecule has 7 heteroatoms. The summed E-state index contributed by atoms with van der Waals surface area (Å²) in [6.07, 6.45) is 0.294. The summed E-state index contributed by atoms with van der Waals surface area (Å²) in [5, 5.41) is 0. The van der Waals surface area contributed by atoms with Crippen LogP contribution in [0.4, 0.5) is 0 Å². The fourth-order valence-corrected chi connectivity index (χ4v) is 4.34. The van der Waals surface area contributed by atoms with Crippen LogP contribution < -0.4 is 5.73 Å². The molecule has 2 aliphatic heterocycles. The molecule has 0 bridgehead atoms. The first-order valence-corrected chi connectivity index (χ1v) is 7.97. The van der Waals surface area contributed by atoms with Crippen molar-refractivity contribution in [2.75, 3.05) is 24.6 Å². The van der Waals surface area contributed by atoms with E-state index in [1.54, 1.807) is 18.7 Å². The molecule has 0 radical (unpaired) electrons. The van der Waals surface area contributed by atoms with Gasteiger partial charge < -0.3 is 15.4 Å². The van der Waals surface area contributed by atoms with E-state index in [0.717, 1.165) is 0 Å². The molecular formula is C11H20N2O4S. The predicted octanol–water partition coefficient (Wildman–Crippen LogP) is -0.862. The van der Waals surface area contributed by atoms with Crippen LogP contribution in [0.3, 0.4) is 0 Å². The summed E-state index contributed by atoms with van der Waals surface area (Å²) in [6.45, 7) is 4.12. The lowest BCUT2D eigenvalue weighted by molar-refractivity contribution is -0.181. The number of nitrogens with two attached hydrogens (primary N) is 1. The number of carbonyl (C=O) groups excluding carboxylic acids is 1. The normalized spacial score (nSPS) is 34.8. The minimum atomic E-state index is -3.00. The third-order valence-electron chi connectivity index (χ3n) is 3.55. The molecule has 0 aromatic carbocycles. The van der Waals surface area contributed by atoms with E-state index >= 15 is 0 Å². The SMILES string of the molecule is CC1(C)OC(CN)CN(C2CCS(=O)(=O)C2)C1=O. The van der Waals surface area contributed by atoms with Gasteiger partial charge in [-0.1, -0.05) is 0 Å². The lowest BCUT2D eigenvalue weighted by Crippen LogP contribution is -2.61. The second-order valence-corrected chi connectivity index (χ2v) is 7.73. The Morgan fingerprint density at radius 3 is 2.67 bits per heavy atom. The monoisotopic (exact) mass is 276 g/mol. The molecule has 104 valence electrons. The van der Waals surface area contributed by atoms with Gasteiger partial charge in [-0.15, -0.1) is 0 Å². The second-order valence-electron chi connectivity index (χ2n) is 5.50. The van der Waals surface area contributed by atoms with Gasteiger partial charge in [0.1, 0.15) is 5.60 Å². The zero-order valence-corrected chi connectivity index (χ0v) is 11.6. The fourth-order valence-electron chi connectivity index (χ4n) is 2.61. The van der Waals surface area contributed by atoms with E-state index < -0.39 is 15.4 Å². The zero-order valence-electron chi connectivity index (χ0n) is 10.8. The molecule has 2 unspecified atom stereocenters. The lowest BCUT2D eigenvalue weighted by Gasteiger charge is -2.43. The summed E-state index contributed by atoms with van der Waals surface area (Å²) in [5.74, 6) is 0.0802. The molecule has 2 fully saturated rings. The highest BCUT2D eigenvalue weighted by atomic mass is 32.2. The number of morpholine rings is 1. The number of nitrogens with zero attached hydrogens (tertiary/aromatic N) is 1. The molecular weight excluding hydrogens is 256 g/mol. The number of sulfone groups is 1. The molecule has 2 rings (SSSR count). The van der Waals surface area contributed by atoms with Gasteiger partial charge in [-0.2, -0.15) is 0 Å². The van der Waals surface area contributed by atoms with Gasteiger partial charge in [-0.25, -0.2) is 8.42 Å². The van der Waals surface area contributed by atoms with Gasteiger partial charge in [-0.3, -0.25) is 4.79 Å². The van der Waals surface area contributed by atoms with Gasteiger partial charge in [0, 0.05) is 19.1 Å². The molecule has 0 saturated carbocycles. The minimum Gasteiger partial charge on any atom is -0.359 e. The van der Waals surface area contributed by atoms with Crippen LogP contribution in [-0.4, -0.2) is 61.6 Å². The number of hydrogen-bond acceptors (Lipinski definition) is 5. The topological polar surface area (TPSA) is 89.7 Å². The Bertz CT molecular complexity index is 446. The van der Waals surface area contributed by atoms with Crippen LogP contribution in [0.25, 0.3) is 0 Å². The summed E-state index contributed by atoms with van der Waals surface area (Å²) >= 11 is 0. The van der Waals surface area contributed by atoms with Gasteiger partial charge in [0.05, 0.1) is 17.6 Å². The standard InChI is InChI=1S/C11H20N2O4S/c1-11(2)10(14)13(6-9(5-12)17-11)8-3-4-18(15,16)7-8/h8-9H,3-7,12H2,1-2H3. The van der Waals surface area contributed by atoms with Crippen LogP contribution in [0.2, 0.25) is 0 Å². The predicted molar refractivity (Wildman–Crippen MR) is 66.8 cm³/mol. The zero-order chi connectivity index (χ0) is 13.6. The van der Waals surface area contributed by atoms with Crippen molar-refractivity contribution in [2.24, 2.45) is 5.73 Å². The second kappa shape index (κ2) is 4.47. The third kappa shape index (κ3) is 2.53. The molecule has 2 aliphatic rings. The van der Waals surface area contributed by atoms with E-state index in [1.165, 1.54) is 0 Å². The molecule has 18 heavy (non-hydrogen) atoms. The first kappa shape index (κ1) is 13.8. The molecule has 0 aliphatic carbocycles. The first-order chi connectivity index (χ1) is 8.25. The largest absolute Gasteiger partial charge is 0.359 e. The first-order valence-electron chi connectivity index (χ1n) is 6.14. The number of hydrogen-bond donors (Lipinski definition) is 1. The average Bonchev–Trinajstić information content (AvgIpc) is 2.62. The van der Waals surface area contributed by atoms with Crippen molar-refractivity contribution in [2.45, 2.75) is 38.0 Å². The van der Waals surface area contributed by atoms with E-state index in [0.29, 0.717) is 19.5 Å². The Morgan fingerprint density at radius 2 is 2.17 bits per heavy atom. The minimum absolute atomic E-state index is 0.0616. The quantitative estimate of drug-likeness (QED) is 0.708. The maximum Gasteiger partial charge on any atom is 0.254 e. The fraction of sp³-hybridized carbons (Fsp3) is 0.909. The van der Waals surface area contributed by atoms with Crippen LogP contribution in [0.15, 0.2) is 0 Å². The third-order valence-corrected chi connectivity index (χ3v) is 5.30. The van der Waals surface area contributed by atoms with Crippen LogP contribution in [0.5, 0.6) is 0 Å². The van der Waals surface area contributed by atoms with Crippen molar-refractivity contribution in [1.29, 1.82) is 0 Å². The lowest BCUT2D eigenvalue weighted by atomic mass is 10.0. The summed E-state index contributed by atoms with van der Waals surface area (Å²) in [6, 6.07) is -0.222. The molecule has 2 atom stereocenters. The summed E-state index contributed by atoms with van der Waals surface area (Å²) < 4.78 is 28.6. The highest BCUT2D eigenvalue weighted by Gasteiger charge is 2.45. The van der Waals surface area contributed by atoms with E-state index in [1.807, 2.05) is 0 Å². The number of rotatable bonds is 2. The number of ether oxygens (including phenoxy) is 1. The summed E-state index contributed by atoms with van der Waals surface area (Å²) in [5.41, 5.74) is 4.68. The van der Waals surface area contributed by atoms with Crippen molar-refractivity contribution in [1.82, 2.24) is 4.90 Å². The molecule has 0 aromatic rings. The van der Waals surface area contributed by atoms with Crippen molar-refractivity contribution < 1.29 is 17.9 Å². The maximum atomic E-state index is 12.3. The Hall–Kier alpha value is -0.660. The summed E-state index contributed by atoms with van der Waals surface area (Å²) in [7, 11) is -3.00. The highest BCUT2D eigenvalue weighted by molar-refractivity contribution is 7.91. The van der Waals surface area contributed by atoms with Crippen LogP contribution in [0.1, 0.15) is 20.3 Å². The van der Waals surface area contributed by atoms with E-state index in [4.69, 9.17) is 10.5 Å². The molecule has 0 spiro atoms. The van der Waals surface area contributed by atoms with Crippen LogP contribution >= 0.6 is 0 Å². The van der Waals surface area contributed by atoms with Crippen molar-refractivity contribution >= 4 is 15.7 Å². The Labute approximate surface area is 107 Å². The van der Waals surface area contributed by atoms with E-state index in [-0.39, 0.29) is 29.6 Å². The van der Waals surface area contributed by atoms with Gasteiger partial charge in [0.25, 0.3) is 5.91 Å². The maximum absolute atomic E-state index is 12.3. The Kier molecular flexibility index (Phi) is 3.42. The smallest absolute Gasteiger partial charge is 0.254 e. The van der Waals surface area contributed by atoms with Gasteiger partial charge in [0.2, 0.25) is 0 Å². The molecule has 6 nitrogen and oxygen atoms in total. The average molecular weight is 276 g/mol. The van der Waals surface area contributed by atoms with Crippen LogP contribution in [-0.2, 0) is 19.4 Å².